The fourth-order valence-electron chi connectivity index (χ4n) is 3.42. The van der Waals surface area contributed by atoms with Gasteiger partial charge in [0.05, 0.1) is 0 Å². The number of hydrogen-bond donors (Lipinski definition) is 1. The average molecular weight is 328 g/mol. The number of carbonyl (C=O) groups excluding carboxylic acids is 1. The maximum atomic E-state index is 13.1. The largest absolute Gasteiger partial charge is 0.361 e. The smallest absolute Gasteiger partial charge is 0.260 e. The van der Waals surface area contributed by atoms with Crippen molar-refractivity contribution in [1.29, 1.82) is 0 Å². The Morgan fingerprint density at radius 1 is 0.800 bits per heavy atom. The highest BCUT2D eigenvalue weighted by molar-refractivity contribution is 6.11. The summed E-state index contributed by atoms with van der Waals surface area (Å²) in [5, 5.41) is 3.58. The van der Waals surface area contributed by atoms with Crippen LogP contribution in [0.1, 0.15) is 33.2 Å². The van der Waals surface area contributed by atoms with Crippen LogP contribution in [-0.4, -0.2) is 5.91 Å². The Kier molecular flexibility index (Phi) is 3.77. The Morgan fingerprint density at radius 3 is 2.20 bits per heavy atom. The van der Waals surface area contributed by atoms with Gasteiger partial charge in [-0.3, -0.25) is 9.69 Å². The first-order valence-corrected chi connectivity index (χ1v) is 8.47. The van der Waals surface area contributed by atoms with Crippen LogP contribution >= 0.6 is 0 Å². The minimum absolute atomic E-state index is 0.0379. The molecule has 124 valence electrons. The predicted octanol–water partition coefficient (Wildman–Crippen LogP) is 5.07. The molecule has 0 fully saturated rings. The molecule has 1 aliphatic heterocycles. The first kappa shape index (κ1) is 15.5. The molecule has 0 saturated carbocycles. The molecule has 1 aliphatic rings. The molecule has 0 unspecified atom stereocenters. The van der Waals surface area contributed by atoms with Gasteiger partial charge < -0.3 is 5.32 Å². The van der Waals surface area contributed by atoms with Crippen LogP contribution in [0.3, 0.4) is 0 Å². The molecule has 0 aromatic heterocycles. The van der Waals surface area contributed by atoms with Gasteiger partial charge in [0.25, 0.3) is 5.91 Å². The van der Waals surface area contributed by atoms with Crippen LogP contribution < -0.4 is 10.2 Å². The third-order valence-corrected chi connectivity index (χ3v) is 4.78. The summed E-state index contributed by atoms with van der Waals surface area (Å²) in [6, 6.07) is 24.0. The maximum Gasteiger partial charge on any atom is 0.260 e. The lowest BCUT2D eigenvalue weighted by Gasteiger charge is -2.29. The molecular formula is C22H20N2O. The number of para-hydroxylation sites is 2. The molecule has 0 aliphatic carbocycles. The lowest BCUT2D eigenvalue weighted by molar-refractivity contribution is 0.0993. The van der Waals surface area contributed by atoms with Gasteiger partial charge in [0.1, 0.15) is 6.17 Å². The quantitative estimate of drug-likeness (QED) is 0.727. The number of fused-ring (bicyclic) bond motifs is 1. The van der Waals surface area contributed by atoms with Crippen molar-refractivity contribution < 1.29 is 4.79 Å². The SMILES string of the molecule is Cc1ccccc1N[C@@H]1c2ccccc2C(=O)N1c1ccccc1C. The molecule has 4 rings (SSSR count). The lowest BCUT2D eigenvalue weighted by atomic mass is 10.1. The monoisotopic (exact) mass is 328 g/mol. The topological polar surface area (TPSA) is 32.3 Å². The van der Waals surface area contributed by atoms with E-state index < -0.39 is 0 Å². The normalized spacial score (nSPS) is 16.0. The first-order chi connectivity index (χ1) is 12.2. The molecule has 0 saturated heterocycles. The average Bonchev–Trinajstić information content (AvgIpc) is 2.90. The highest BCUT2D eigenvalue weighted by Gasteiger charge is 2.38. The number of anilines is 2. The molecule has 3 heteroatoms. The van der Waals surface area contributed by atoms with Gasteiger partial charge in [0.2, 0.25) is 0 Å². The molecule has 1 atom stereocenters. The molecule has 3 nitrogen and oxygen atoms in total. The van der Waals surface area contributed by atoms with E-state index >= 15 is 0 Å². The van der Waals surface area contributed by atoms with Crippen LogP contribution in [0.15, 0.2) is 72.8 Å². The zero-order chi connectivity index (χ0) is 17.4. The number of nitrogens with zero attached hydrogens (tertiary/aromatic N) is 1. The van der Waals surface area contributed by atoms with E-state index in [0.717, 1.165) is 33.6 Å². The number of benzene rings is 3. The number of rotatable bonds is 3. The fourth-order valence-corrected chi connectivity index (χ4v) is 3.42. The van der Waals surface area contributed by atoms with Crippen LogP contribution in [-0.2, 0) is 0 Å². The number of aryl methyl sites for hydroxylation is 2. The molecule has 0 bridgehead atoms. The minimum Gasteiger partial charge on any atom is -0.361 e. The van der Waals surface area contributed by atoms with Crippen LogP contribution in [0.5, 0.6) is 0 Å². The van der Waals surface area contributed by atoms with Gasteiger partial charge in [-0.25, -0.2) is 0 Å². The molecule has 25 heavy (non-hydrogen) atoms. The zero-order valence-corrected chi connectivity index (χ0v) is 14.4. The summed E-state index contributed by atoms with van der Waals surface area (Å²) in [6.07, 6.45) is -0.217. The number of carbonyl (C=O) groups is 1. The molecule has 0 radical (unpaired) electrons. The number of nitrogens with one attached hydrogen (secondary N) is 1. The number of hydrogen-bond acceptors (Lipinski definition) is 2. The summed E-state index contributed by atoms with van der Waals surface area (Å²) in [6.45, 7) is 4.11. The second-order valence-corrected chi connectivity index (χ2v) is 6.41. The Balaban J connectivity index is 1.84. The highest BCUT2D eigenvalue weighted by Crippen LogP contribution is 2.39. The number of amides is 1. The summed E-state index contributed by atoms with van der Waals surface area (Å²) < 4.78 is 0. The van der Waals surface area contributed by atoms with Crippen molar-refractivity contribution in [2.24, 2.45) is 0 Å². The summed E-state index contributed by atoms with van der Waals surface area (Å²) in [5.41, 5.74) is 5.99. The van der Waals surface area contributed by atoms with Crippen LogP contribution in [0, 0.1) is 13.8 Å². The van der Waals surface area contributed by atoms with Gasteiger partial charge in [0.15, 0.2) is 0 Å². The van der Waals surface area contributed by atoms with E-state index in [9.17, 15) is 4.79 Å². The zero-order valence-electron chi connectivity index (χ0n) is 14.4. The summed E-state index contributed by atoms with van der Waals surface area (Å²) in [7, 11) is 0. The summed E-state index contributed by atoms with van der Waals surface area (Å²) in [4.78, 5) is 15.0. The third kappa shape index (κ3) is 2.58. The van der Waals surface area contributed by atoms with Gasteiger partial charge in [-0.15, -0.1) is 0 Å². The Labute approximate surface area is 147 Å². The maximum absolute atomic E-state index is 13.1. The van der Waals surface area contributed by atoms with Gasteiger partial charge in [-0.1, -0.05) is 54.6 Å². The van der Waals surface area contributed by atoms with E-state index in [4.69, 9.17) is 0 Å². The first-order valence-electron chi connectivity index (χ1n) is 8.47. The van der Waals surface area contributed by atoms with E-state index in [0.29, 0.717) is 0 Å². The van der Waals surface area contributed by atoms with Crippen LogP contribution in [0.2, 0.25) is 0 Å². The van der Waals surface area contributed by atoms with Crippen LogP contribution in [0.25, 0.3) is 0 Å². The van der Waals surface area contributed by atoms with Gasteiger partial charge in [-0.05, 0) is 43.2 Å². The molecule has 3 aromatic carbocycles. The Morgan fingerprint density at radius 2 is 1.44 bits per heavy atom. The van der Waals surface area contributed by atoms with Crippen molar-refractivity contribution in [3.63, 3.8) is 0 Å². The molecule has 0 spiro atoms. The lowest BCUT2D eigenvalue weighted by Crippen LogP contribution is -2.33. The molecule has 3 aromatic rings. The van der Waals surface area contributed by atoms with Crippen molar-refractivity contribution in [3.8, 4) is 0 Å². The van der Waals surface area contributed by atoms with Crippen molar-refractivity contribution in [3.05, 3.63) is 95.1 Å². The van der Waals surface area contributed by atoms with E-state index in [2.05, 4.69) is 24.4 Å². The summed E-state index contributed by atoms with van der Waals surface area (Å²) in [5.74, 6) is 0.0379. The summed E-state index contributed by atoms with van der Waals surface area (Å²) >= 11 is 0. The Bertz CT molecular complexity index is 948. The molecular weight excluding hydrogens is 308 g/mol. The Hall–Kier alpha value is -3.07. The second-order valence-electron chi connectivity index (χ2n) is 6.41. The van der Waals surface area contributed by atoms with Crippen molar-refractivity contribution in [1.82, 2.24) is 0 Å². The van der Waals surface area contributed by atoms with Crippen LogP contribution in [0.4, 0.5) is 11.4 Å². The van der Waals surface area contributed by atoms with E-state index in [1.165, 1.54) is 0 Å². The van der Waals surface area contributed by atoms with E-state index in [1.54, 1.807) is 0 Å². The fraction of sp³-hybridized carbons (Fsp3) is 0.136. The molecule has 1 N–H and O–H groups in total. The van der Waals surface area contributed by atoms with Gasteiger partial charge in [-0.2, -0.15) is 0 Å². The molecule has 1 amide bonds. The van der Waals surface area contributed by atoms with E-state index in [-0.39, 0.29) is 12.1 Å². The minimum atomic E-state index is -0.217. The predicted molar refractivity (Wildman–Crippen MR) is 102 cm³/mol. The van der Waals surface area contributed by atoms with Gasteiger partial charge >= 0.3 is 0 Å². The van der Waals surface area contributed by atoms with Crippen molar-refractivity contribution in [2.45, 2.75) is 20.0 Å². The third-order valence-electron chi connectivity index (χ3n) is 4.78. The van der Waals surface area contributed by atoms with Crippen molar-refractivity contribution in [2.75, 3.05) is 10.2 Å². The standard InChI is InChI=1S/C22H20N2O/c1-15-9-3-7-13-19(15)23-21-17-11-5-6-12-18(17)22(25)24(21)20-14-8-4-10-16(20)2/h3-14,21,23H,1-2H3/t21-/m0/s1. The second kappa shape index (κ2) is 6.10. The van der Waals surface area contributed by atoms with Crippen molar-refractivity contribution >= 4 is 17.3 Å². The highest BCUT2D eigenvalue weighted by atomic mass is 16.2. The van der Waals surface area contributed by atoms with Gasteiger partial charge in [0, 0.05) is 22.5 Å². The van der Waals surface area contributed by atoms with E-state index in [1.807, 2.05) is 72.5 Å². The molecule has 1 heterocycles.